The van der Waals surface area contributed by atoms with Crippen LogP contribution in [-0.2, 0) is 11.4 Å². The van der Waals surface area contributed by atoms with Gasteiger partial charge in [-0.05, 0) is 55.0 Å². The van der Waals surface area contributed by atoms with Crippen LogP contribution in [0.2, 0.25) is 0 Å². The van der Waals surface area contributed by atoms with Gasteiger partial charge < -0.3 is 24.3 Å². The number of nitriles is 1. The molecule has 0 aliphatic heterocycles. The van der Waals surface area contributed by atoms with Gasteiger partial charge in [0.15, 0.2) is 11.5 Å². The summed E-state index contributed by atoms with van der Waals surface area (Å²) in [5.74, 6) is -0.697. The molecule has 8 heteroatoms. The molecule has 3 aromatic rings. The molecule has 0 unspecified atom stereocenters. The molecule has 0 radical (unpaired) electrons. The molecule has 2 aromatic carbocycles. The van der Waals surface area contributed by atoms with E-state index in [4.69, 9.17) is 19.0 Å². The second kappa shape index (κ2) is 10.5. The highest BCUT2D eigenvalue weighted by molar-refractivity contribution is 6.09. The van der Waals surface area contributed by atoms with Crippen molar-refractivity contribution in [2.45, 2.75) is 13.5 Å². The lowest BCUT2D eigenvalue weighted by Gasteiger charge is -2.12. The van der Waals surface area contributed by atoms with Crippen molar-refractivity contribution in [3.63, 3.8) is 0 Å². The highest BCUT2D eigenvalue weighted by Crippen LogP contribution is 2.30. The molecule has 32 heavy (non-hydrogen) atoms. The summed E-state index contributed by atoms with van der Waals surface area (Å²) in [6.45, 7) is 2.19. The Morgan fingerprint density at radius 3 is 2.53 bits per heavy atom. The second-order valence-electron chi connectivity index (χ2n) is 6.49. The molecule has 0 bridgehead atoms. The van der Waals surface area contributed by atoms with Crippen LogP contribution in [0.15, 0.2) is 70.7 Å². The number of carboxylic acids is 1. The predicted octanol–water partition coefficient (Wildman–Crippen LogP) is 4.50. The van der Waals surface area contributed by atoms with Crippen molar-refractivity contribution in [3.05, 3.63) is 83.3 Å². The van der Waals surface area contributed by atoms with Gasteiger partial charge in [-0.15, -0.1) is 0 Å². The van der Waals surface area contributed by atoms with Gasteiger partial charge in [-0.25, -0.2) is 4.79 Å². The third-order valence-corrected chi connectivity index (χ3v) is 4.22. The minimum Gasteiger partial charge on any atom is -0.490 e. The van der Waals surface area contributed by atoms with Crippen molar-refractivity contribution in [3.8, 4) is 17.6 Å². The SMILES string of the molecule is CCOc1cc(C=C(C#N)C(=O)Nc2ccccc2)ccc1OCc1ccc(C(=O)O)o1. The predicted molar refractivity (Wildman–Crippen MR) is 116 cm³/mol. The Bertz CT molecular complexity index is 1170. The number of amides is 1. The van der Waals surface area contributed by atoms with Crippen molar-refractivity contribution in [1.82, 2.24) is 0 Å². The second-order valence-corrected chi connectivity index (χ2v) is 6.49. The number of anilines is 1. The lowest BCUT2D eigenvalue weighted by Crippen LogP contribution is -2.13. The van der Waals surface area contributed by atoms with Gasteiger partial charge in [0, 0.05) is 5.69 Å². The number of hydrogen-bond acceptors (Lipinski definition) is 6. The summed E-state index contributed by atoms with van der Waals surface area (Å²) in [6, 6.07) is 18.6. The zero-order chi connectivity index (χ0) is 22.9. The molecule has 1 aromatic heterocycles. The number of furan rings is 1. The summed E-state index contributed by atoms with van der Waals surface area (Å²) in [5.41, 5.74) is 1.09. The lowest BCUT2D eigenvalue weighted by molar-refractivity contribution is -0.112. The van der Waals surface area contributed by atoms with Crippen LogP contribution in [0.5, 0.6) is 11.5 Å². The molecule has 0 fully saturated rings. The maximum atomic E-state index is 12.4. The minimum absolute atomic E-state index is 0.00542. The minimum atomic E-state index is -1.16. The molecule has 8 nitrogen and oxygen atoms in total. The summed E-state index contributed by atoms with van der Waals surface area (Å²) < 4.78 is 16.5. The van der Waals surface area contributed by atoms with Crippen molar-refractivity contribution in [2.75, 3.05) is 11.9 Å². The number of benzene rings is 2. The van der Waals surface area contributed by atoms with E-state index < -0.39 is 11.9 Å². The van der Waals surface area contributed by atoms with E-state index in [9.17, 15) is 14.9 Å². The number of carboxylic acid groups (broad SMARTS) is 1. The van der Waals surface area contributed by atoms with Crippen molar-refractivity contribution >= 4 is 23.6 Å². The number of carbonyl (C=O) groups excluding carboxylic acids is 1. The number of rotatable bonds is 9. The monoisotopic (exact) mass is 432 g/mol. The average Bonchev–Trinajstić information content (AvgIpc) is 3.27. The molecule has 2 N–H and O–H groups in total. The smallest absolute Gasteiger partial charge is 0.371 e. The first-order valence-corrected chi connectivity index (χ1v) is 9.70. The molecular formula is C24H20N2O6. The van der Waals surface area contributed by atoms with Gasteiger partial charge in [0.05, 0.1) is 6.61 Å². The summed E-state index contributed by atoms with van der Waals surface area (Å²) in [5, 5.41) is 21.0. The van der Waals surface area contributed by atoms with Crippen LogP contribution >= 0.6 is 0 Å². The summed E-state index contributed by atoms with van der Waals surface area (Å²) in [7, 11) is 0. The van der Waals surface area contributed by atoms with Gasteiger partial charge in [-0.1, -0.05) is 24.3 Å². The number of carbonyl (C=O) groups is 2. The standard InChI is InChI=1S/C24H20N2O6/c1-2-30-22-13-16(12-17(14-25)23(27)26-18-6-4-3-5-7-18)8-10-20(22)31-15-19-9-11-21(32-19)24(28)29/h3-13H,2,15H2,1H3,(H,26,27)(H,28,29). The van der Waals surface area contributed by atoms with Gasteiger partial charge in [-0.3, -0.25) is 4.79 Å². The quantitative estimate of drug-likeness (QED) is 0.377. The van der Waals surface area contributed by atoms with E-state index in [-0.39, 0.29) is 17.9 Å². The molecule has 1 amide bonds. The third-order valence-electron chi connectivity index (χ3n) is 4.22. The van der Waals surface area contributed by atoms with Crippen molar-refractivity contribution in [1.29, 1.82) is 5.26 Å². The molecule has 3 rings (SSSR count). The van der Waals surface area contributed by atoms with Crippen molar-refractivity contribution in [2.24, 2.45) is 0 Å². The van der Waals surface area contributed by atoms with Crippen LogP contribution in [-0.4, -0.2) is 23.6 Å². The number of nitrogens with zero attached hydrogens (tertiary/aromatic N) is 1. The Kier molecular flexibility index (Phi) is 7.28. The van der Waals surface area contributed by atoms with E-state index in [1.54, 1.807) is 42.5 Å². The molecular weight excluding hydrogens is 412 g/mol. The number of aromatic carboxylic acids is 1. The van der Waals surface area contributed by atoms with Crippen LogP contribution in [0.4, 0.5) is 5.69 Å². The van der Waals surface area contributed by atoms with Crippen LogP contribution in [0, 0.1) is 11.3 Å². The fourth-order valence-corrected chi connectivity index (χ4v) is 2.76. The number of nitrogens with one attached hydrogen (secondary N) is 1. The Hall–Kier alpha value is -4.51. The van der Waals surface area contributed by atoms with Gasteiger partial charge in [-0.2, -0.15) is 5.26 Å². The molecule has 0 spiro atoms. The maximum Gasteiger partial charge on any atom is 0.371 e. The Morgan fingerprint density at radius 2 is 1.88 bits per heavy atom. The lowest BCUT2D eigenvalue weighted by atomic mass is 10.1. The molecule has 0 atom stereocenters. The number of ether oxygens (including phenoxy) is 2. The van der Waals surface area contributed by atoms with E-state index >= 15 is 0 Å². The summed E-state index contributed by atoms with van der Waals surface area (Å²) in [6.07, 6.45) is 1.45. The van der Waals surface area contributed by atoms with E-state index in [0.29, 0.717) is 35.1 Å². The number of para-hydroxylation sites is 1. The highest BCUT2D eigenvalue weighted by Gasteiger charge is 2.13. The zero-order valence-corrected chi connectivity index (χ0v) is 17.2. The molecule has 0 aliphatic carbocycles. The van der Waals surface area contributed by atoms with E-state index in [1.165, 1.54) is 18.2 Å². The Balaban J connectivity index is 1.76. The van der Waals surface area contributed by atoms with Gasteiger partial charge in [0.2, 0.25) is 5.76 Å². The van der Waals surface area contributed by atoms with E-state index in [2.05, 4.69) is 5.32 Å². The fourth-order valence-electron chi connectivity index (χ4n) is 2.76. The molecule has 0 aliphatic rings. The largest absolute Gasteiger partial charge is 0.490 e. The summed E-state index contributed by atoms with van der Waals surface area (Å²) in [4.78, 5) is 23.3. The molecule has 1 heterocycles. The number of hydrogen-bond donors (Lipinski definition) is 2. The third kappa shape index (κ3) is 5.77. The first kappa shape index (κ1) is 22.2. The van der Waals surface area contributed by atoms with Gasteiger partial charge in [0.1, 0.15) is 24.0 Å². The average molecular weight is 432 g/mol. The molecule has 0 saturated heterocycles. The van der Waals surface area contributed by atoms with Crippen LogP contribution in [0.25, 0.3) is 6.08 Å². The summed E-state index contributed by atoms with van der Waals surface area (Å²) >= 11 is 0. The first-order chi connectivity index (χ1) is 15.5. The van der Waals surface area contributed by atoms with Gasteiger partial charge >= 0.3 is 5.97 Å². The van der Waals surface area contributed by atoms with E-state index in [1.807, 2.05) is 19.1 Å². The highest BCUT2D eigenvalue weighted by atomic mass is 16.5. The van der Waals surface area contributed by atoms with Crippen LogP contribution < -0.4 is 14.8 Å². The van der Waals surface area contributed by atoms with Crippen LogP contribution in [0.1, 0.15) is 28.8 Å². The normalized spacial score (nSPS) is 10.8. The molecule has 162 valence electrons. The topological polar surface area (TPSA) is 122 Å². The van der Waals surface area contributed by atoms with Crippen molar-refractivity contribution < 1.29 is 28.6 Å². The van der Waals surface area contributed by atoms with Gasteiger partial charge in [0.25, 0.3) is 5.91 Å². The zero-order valence-electron chi connectivity index (χ0n) is 17.2. The Labute approximate surface area is 184 Å². The molecule has 0 saturated carbocycles. The first-order valence-electron chi connectivity index (χ1n) is 9.70. The van der Waals surface area contributed by atoms with Crippen LogP contribution in [0.3, 0.4) is 0 Å². The van der Waals surface area contributed by atoms with E-state index in [0.717, 1.165) is 0 Å². The maximum absolute atomic E-state index is 12.4. The Morgan fingerprint density at radius 1 is 1.09 bits per heavy atom. The fraction of sp³-hybridized carbons (Fsp3) is 0.125.